The Balaban J connectivity index is 0. The molecule has 19 heavy (non-hydrogen) atoms. The van der Waals surface area contributed by atoms with Crippen molar-refractivity contribution in [1.82, 2.24) is 0 Å². The van der Waals surface area contributed by atoms with Crippen LogP contribution in [0.4, 0.5) is 0 Å². The smallest absolute Gasteiger partial charge is 0.302 e. The summed E-state index contributed by atoms with van der Waals surface area (Å²) >= 11 is 0. The van der Waals surface area contributed by atoms with Crippen molar-refractivity contribution in [3.63, 3.8) is 0 Å². The summed E-state index contributed by atoms with van der Waals surface area (Å²) in [6.07, 6.45) is 2.02. The molecule has 3 N–H and O–H groups in total. The molecule has 112 valence electrons. The molecule has 0 aliphatic heterocycles. The van der Waals surface area contributed by atoms with Gasteiger partial charge in [-0.05, 0) is 20.3 Å². The normalized spacial score (nSPS) is 13.7. The molecule has 0 bridgehead atoms. The molecule has 7 nitrogen and oxygen atoms in total. The fourth-order valence-corrected chi connectivity index (χ4v) is 2.08. The lowest BCUT2D eigenvalue weighted by Crippen LogP contribution is -1.96. The van der Waals surface area contributed by atoms with Gasteiger partial charge >= 0.3 is 15.6 Å². The molecule has 9 heteroatoms. The first-order chi connectivity index (χ1) is 8.39. The molecule has 0 rings (SSSR count). The van der Waals surface area contributed by atoms with Gasteiger partial charge in [-0.2, -0.15) is 4.31 Å². The molecule has 0 heterocycles. The highest BCUT2D eigenvalue weighted by molar-refractivity contribution is 7.60. The lowest BCUT2D eigenvalue weighted by atomic mass is 10.3. The number of phosphoric acid groups is 2. The van der Waals surface area contributed by atoms with E-state index in [0.29, 0.717) is 12.0 Å². The second kappa shape index (κ2) is 9.39. The van der Waals surface area contributed by atoms with Gasteiger partial charge in [0.1, 0.15) is 0 Å². The number of rotatable bonds is 7. The number of allylic oxidation sites excluding steroid dienone is 2. The second-order valence-corrected chi connectivity index (χ2v) is 6.46. The Hall–Kier alpha value is -0.520. The van der Waals surface area contributed by atoms with Gasteiger partial charge in [-0.25, -0.2) is 9.13 Å². The van der Waals surface area contributed by atoms with E-state index < -0.39 is 15.6 Å². The minimum absolute atomic E-state index is 0.191. The van der Waals surface area contributed by atoms with Crippen molar-refractivity contribution in [2.24, 2.45) is 0 Å². The Morgan fingerprint density at radius 3 is 1.89 bits per heavy atom. The van der Waals surface area contributed by atoms with Gasteiger partial charge in [0.25, 0.3) is 0 Å². The predicted molar refractivity (Wildman–Crippen MR) is 73.3 cm³/mol. The van der Waals surface area contributed by atoms with E-state index in [1.54, 1.807) is 13.0 Å². The molecule has 0 radical (unpaired) electrons. The van der Waals surface area contributed by atoms with Gasteiger partial charge in [0.05, 0.1) is 6.61 Å². The fourth-order valence-electron chi connectivity index (χ4n) is 0.493. The molecule has 0 saturated carbocycles. The molecule has 0 aromatic heterocycles. The maximum absolute atomic E-state index is 10.8. The van der Waals surface area contributed by atoms with Gasteiger partial charge in [0, 0.05) is 0 Å². The molecule has 0 amide bonds. The Morgan fingerprint density at radius 2 is 1.63 bits per heavy atom. The van der Waals surface area contributed by atoms with E-state index in [1.807, 2.05) is 6.92 Å². The van der Waals surface area contributed by atoms with Gasteiger partial charge in [-0.3, -0.25) is 4.52 Å². The summed E-state index contributed by atoms with van der Waals surface area (Å²) in [5.74, 6) is 0. The maximum Gasteiger partial charge on any atom is 0.481 e. The van der Waals surface area contributed by atoms with Crippen molar-refractivity contribution in [2.45, 2.75) is 20.3 Å². The third-order valence-electron chi connectivity index (χ3n) is 1.34. The van der Waals surface area contributed by atoms with E-state index in [9.17, 15) is 9.13 Å². The quantitative estimate of drug-likeness (QED) is 0.376. The first-order valence-corrected chi connectivity index (χ1v) is 8.08. The highest BCUT2D eigenvalue weighted by atomic mass is 31.3. The average Bonchev–Trinajstić information content (AvgIpc) is 2.13. The van der Waals surface area contributed by atoms with Crippen LogP contribution in [-0.4, -0.2) is 21.3 Å². The topological polar surface area (TPSA) is 113 Å². The predicted octanol–water partition coefficient (Wildman–Crippen LogP) is 2.93. The van der Waals surface area contributed by atoms with E-state index in [0.717, 1.165) is 5.57 Å². The molecule has 1 atom stereocenters. The van der Waals surface area contributed by atoms with E-state index >= 15 is 0 Å². The first-order valence-electron chi connectivity index (χ1n) is 5.06. The zero-order chi connectivity index (χ0) is 15.7. The number of hydrogen-bond donors (Lipinski definition) is 3. The highest BCUT2D eigenvalue weighted by Crippen LogP contribution is 2.57. The van der Waals surface area contributed by atoms with E-state index in [4.69, 9.17) is 14.7 Å². The molecule has 0 fully saturated rings. The minimum atomic E-state index is -5.01. The minimum Gasteiger partial charge on any atom is -0.302 e. The highest BCUT2D eigenvalue weighted by Gasteiger charge is 2.31. The standard InChI is InChI=1S/C5H12O7P2.C5H8/c1-5(2)3-4-11-14(9,10)12-13(6,7)8;1-4-5(2)3/h1,3-4H2,2H3,(H,9,10)(H2,6,7,8);4H,1-2H2,3H3. The van der Waals surface area contributed by atoms with Gasteiger partial charge in [-0.1, -0.05) is 30.4 Å². The summed E-state index contributed by atoms with van der Waals surface area (Å²) in [5.41, 5.74) is 1.73. The van der Waals surface area contributed by atoms with Gasteiger partial charge in [0.15, 0.2) is 0 Å². The Morgan fingerprint density at radius 1 is 1.21 bits per heavy atom. The Bertz CT molecular complexity index is 410. The molecule has 0 aromatic carbocycles. The molecule has 0 aliphatic rings. The third-order valence-corrected chi connectivity index (χ3v) is 3.53. The lowest BCUT2D eigenvalue weighted by molar-refractivity contribution is 0.180. The first kappa shape index (κ1) is 20.8. The van der Waals surface area contributed by atoms with Gasteiger partial charge in [0.2, 0.25) is 0 Å². The zero-order valence-corrected chi connectivity index (χ0v) is 12.8. The molecule has 1 unspecified atom stereocenters. The summed E-state index contributed by atoms with van der Waals surface area (Å²) in [5, 5.41) is 0. The molecular formula is C10H20O7P2. The Labute approximate surface area is 113 Å². The second-order valence-electron chi connectivity index (χ2n) is 3.63. The van der Waals surface area contributed by atoms with Crippen LogP contribution in [0.25, 0.3) is 0 Å². The molecule has 0 aliphatic carbocycles. The van der Waals surface area contributed by atoms with Crippen LogP contribution in [0.15, 0.2) is 37.0 Å². The summed E-state index contributed by atoms with van der Waals surface area (Å²) < 4.78 is 28.8. The average molecular weight is 314 g/mol. The third kappa shape index (κ3) is 20.0. The summed E-state index contributed by atoms with van der Waals surface area (Å²) in [6.45, 7) is 13.9. The van der Waals surface area contributed by atoms with Crippen molar-refractivity contribution in [3.05, 3.63) is 37.0 Å². The van der Waals surface area contributed by atoms with Crippen LogP contribution in [0, 0.1) is 0 Å². The lowest BCUT2D eigenvalue weighted by Gasteiger charge is -2.11. The van der Waals surface area contributed by atoms with Crippen molar-refractivity contribution in [1.29, 1.82) is 0 Å². The van der Waals surface area contributed by atoms with Crippen LogP contribution in [0.1, 0.15) is 20.3 Å². The van der Waals surface area contributed by atoms with E-state index in [1.165, 1.54) is 0 Å². The molecular weight excluding hydrogens is 294 g/mol. The van der Waals surface area contributed by atoms with Crippen LogP contribution in [0.2, 0.25) is 0 Å². The van der Waals surface area contributed by atoms with Gasteiger partial charge in [-0.15, -0.1) is 6.58 Å². The fraction of sp³-hybridized carbons (Fsp3) is 0.400. The van der Waals surface area contributed by atoms with Crippen molar-refractivity contribution in [3.8, 4) is 0 Å². The van der Waals surface area contributed by atoms with Crippen molar-refractivity contribution < 1.29 is 32.6 Å². The molecule has 0 spiro atoms. The SMILES string of the molecule is C=C(C)CCOP(=O)(O)OP(=O)(O)O.C=CC(=C)C. The largest absolute Gasteiger partial charge is 0.481 e. The summed E-state index contributed by atoms with van der Waals surface area (Å²) in [7, 11) is -9.69. The van der Waals surface area contributed by atoms with Crippen LogP contribution >= 0.6 is 15.6 Å². The molecule has 0 aromatic rings. The van der Waals surface area contributed by atoms with E-state index in [-0.39, 0.29) is 6.61 Å². The van der Waals surface area contributed by atoms with Crippen molar-refractivity contribution in [2.75, 3.05) is 6.61 Å². The van der Waals surface area contributed by atoms with E-state index in [2.05, 4.69) is 28.6 Å². The zero-order valence-electron chi connectivity index (χ0n) is 11.0. The van der Waals surface area contributed by atoms with Crippen LogP contribution < -0.4 is 0 Å². The summed E-state index contributed by atoms with van der Waals surface area (Å²) in [4.78, 5) is 25.2. The number of hydrogen-bond acceptors (Lipinski definition) is 4. The monoisotopic (exact) mass is 314 g/mol. The van der Waals surface area contributed by atoms with Crippen LogP contribution in [0.5, 0.6) is 0 Å². The van der Waals surface area contributed by atoms with Gasteiger partial charge < -0.3 is 14.7 Å². The maximum atomic E-state index is 10.8. The molecule has 0 saturated heterocycles. The van der Waals surface area contributed by atoms with Crippen LogP contribution in [0.3, 0.4) is 0 Å². The summed E-state index contributed by atoms with van der Waals surface area (Å²) in [6, 6.07) is 0. The Kier molecular flexibility index (Phi) is 10.3. The van der Waals surface area contributed by atoms with Crippen molar-refractivity contribution >= 4 is 15.6 Å². The van der Waals surface area contributed by atoms with Crippen LogP contribution in [-0.2, 0) is 18.0 Å². The number of phosphoric ester groups is 1.